The van der Waals surface area contributed by atoms with Gasteiger partial charge in [0.1, 0.15) is 5.15 Å². The van der Waals surface area contributed by atoms with Crippen LogP contribution in [-0.2, 0) is 26.6 Å². The molecule has 1 aromatic rings. The van der Waals surface area contributed by atoms with E-state index in [1.807, 2.05) is 0 Å². The standard InChI is InChI=1S/C12H18ClN3O4S/c1-3-20-12(17)9-4-6-16(7-5-9)21(18,19)11-10(13)15(2)8-14-11/h8-9H,3-7H2,1-2H3. The molecule has 7 nitrogen and oxygen atoms in total. The molecule has 0 bridgehead atoms. The Morgan fingerprint density at radius 1 is 1.48 bits per heavy atom. The fraction of sp³-hybridized carbons (Fsp3) is 0.667. The lowest BCUT2D eigenvalue weighted by Crippen LogP contribution is -2.40. The smallest absolute Gasteiger partial charge is 0.309 e. The van der Waals surface area contributed by atoms with Crippen LogP contribution in [0, 0.1) is 5.92 Å². The van der Waals surface area contributed by atoms with Gasteiger partial charge in [0, 0.05) is 20.1 Å². The molecule has 9 heteroatoms. The second-order valence-corrected chi connectivity index (χ2v) is 7.09. The fourth-order valence-corrected chi connectivity index (χ4v) is 4.14. The Hall–Kier alpha value is -1.12. The van der Waals surface area contributed by atoms with Crippen LogP contribution in [0.3, 0.4) is 0 Å². The Morgan fingerprint density at radius 2 is 2.10 bits per heavy atom. The minimum absolute atomic E-state index is 0.0857. The van der Waals surface area contributed by atoms with E-state index in [1.54, 1.807) is 14.0 Å². The summed E-state index contributed by atoms with van der Waals surface area (Å²) in [4.78, 5) is 15.5. The minimum atomic E-state index is -3.72. The highest BCUT2D eigenvalue weighted by Crippen LogP contribution is 2.27. The van der Waals surface area contributed by atoms with Gasteiger partial charge in [0.15, 0.2) is 0 Å². The molecule has 1 saturated heterocycles. The quantitative estimate of drug-likeness (QED) is 0.768. The van der Waals surface area contributed by atoms with Crippen LogP contribution in [0.15, 0.2) is 11.4 Å². The molecule has 0 saturated carbocycles. The van der Waals surface area contributed by atoms with Gasteiger partial charge in [0.05, 0.1) is 18.9 Å². The van der Waals surface area contributed by atoms with Gasteiger partial charge in [0.2, 0.25) is 5.03 Å². The average molecular weight is 336 g/mol. The van der Waals surface area contributed by atoms with E-state index in [1.165, 1.54) is 15.2 Å². The summed E-state index contributed by atoms with van der Waals surface area (Å²) in [6.07, 6.45) is 2.26. The highest BCUT2D eigenvalue weighted by Gasteiger charge is 2.35. The molecule has 21 heavy (non-hydrogen) atoms. The van der Waals surface area contributed by atoms with Crippen LogP contribution >= 0.6 is 11.6 Å². The van der Waals surface area contributed by atoms with Gasteiger partial charge in [-0.25, -0.2) is 13.4 Å². The lowest BCUT2D eigenvalue weighted by molar-refractivity contribution is -0.149. The molecule has 1 aromatic heterocycles. The molecule has 0 unspecified atom stereocenters. The average Bonchev–Trinajstić information content (AvgIpc) is 2.80. The molecule has 2 rings (SSSR count). The number of aryl methyl sites for hydroxylation is 1. The number of imidazole rings is 1. The summed E-state index contributed by atoms with van der Waals surface area (Å²) in [6, 6.07) is 0. The molecular formula is C12H18ClN3O4S. The third-order valence-corrected chi connectivity index (χ3v) is 5.88. The van der Waals surface area contributed by atoms with Crippen LogP contribution in [0.1, 0.15) is 19.8 Å². The predicted molar refractivity (Wildman–Crippen MR) is 76.3 cm³/mol. The van der Waals surface area contributed by atoms with Crippen molar-refractivity contribution in [1.82, 2.24) is 13.9 Å². The number of esters is 1. The number of sulfonamides is 1. The molecule has 0 radical (unpaired) electrons. The number of carbonyl (C=O) groups excluding carboxylic acids is 1. The molecule has 1 aliphatic rings. The number of nitrogens with zero attached hydrogens (tertiary/aromatic N) is 3. The maximum Gasteiger partial charge on any atom is 0.309 e. The van der Waals surface area contributed by atoms with Crippen molar-refractivity contribution in [2.75, 3.05) is 19.7 Å². The molecule has 1 fully saturated rings. The van der Waals surface area contributed by atoms with Crippen LogP contribution in [0.2, 0.25) is 5.15 Å². The highest BCUT2D eigenvalue weighted by molar-refractivity contribution is 7.89. The first-order chi connectivity index (χ1) is 9.87. The molecule has 118 valence electrons. The number of aromatic nitrogens is 2. The van der Waals surface area contributed by atoms with Crippen molar-refractivity contribution in [1.29, 1.82) is 0 Å². The Kier molecular flexibility index (Phi) is 4.90. The maximum absolute atomic E-state index is 12.5. The monoisotopic (exact) mass is 335 g/mol. The molecule has 2 heterocycles. The van der Waals surface area contributed by atoms with E-state index in [0.29, 0.717) is 19.4 Å². The van der Waals surface area contributed by atoms with Crippen molar-refractivity contribution in [2.45, 2.75) is 24.8 Å². The number of carbonyl (C=O) groups is 1. The van der Waals surface area contributed by atoms with Crippen LogP contribution in [0.4, 0.5) is 0 Å². The topological polar surface area (TPSA) is 81.5 Å². The Balaban J connectivity index is 2.08. The van der Waals surface area contributed by atoms with Crippen molar-refractivity contribution >= 4 is 27.6 Å². The van der Waals surface area contributed by atoms with Gasteiger partial charge in [-0.2, -0.15) is 4.31 Å². The van der Waals surface area contributed by atoms with Crippen LogP contribution in [-0.4, -0.2) is 47.9 Å². The summed E-state index contributed by atoms with van der Waals surface area (Å²) in [5, 5.41) is -0.0521. The molecule has 0 spiro atoms. The number of rotatable bonds is 4. The SMILES string of the molecule is CCOC(=O)C1CCN(S(=O)(=O)c2ncn(C)c2Cl)CC1. The van der Waals surface area contributed by atoms with Crippen molar-refractivity contribution in [3.8, 4) is 0 Å². The van der Waals surface area contributed by atoms with Crippen LogP contribution < -0.4 is 0 Å². The fourth-order valence-electron chi connectivity index (χ4n) is 2.28. The lowest BCUT2D eigenvalue weighted by atomic mass is 9.98. The molecule has 0 aromatic carbocycles. The third-order valence-electron chi connectivity index (χ3n) is 3.49. The second kappa shape index (κ2) is 6.33. The van der Waals surface area contributed by atoms with E-state index in [4.69, 9.17) is 16.3 Å². The molecule has 1 aliphatic heterocycles. The first kappa shape index (κ1) is 16.3. The maximum atomic E-state index is 12.5. The zero-order chi connectivity index (χ0) is 15.6. The van der Waals surface area contributed by atoms with E-state index in [0.717, 1.165) is 0 Å². The van der Waals surface area contributed by atoms with Crippen molar-refractivity contribution in [3.05, 3.63) is 11.5 Å². The largest absolute Gasteiger partial charge is 0.466 e. The van der Waals surface area contributed by atoms with Gasteiger partial charge in [-0.05, 0) is 19.8 Å². The van der Waals surface area contributed by atoms with Gasteiger partial charge in [0.25, 0.3) is 10.0 Å². The van der Waals surface area contributed by atoms with Gasteiger partial charge in [-0.1, -0.05) is 11.6 Å². The number of halogens is 1. The summed E-state index contributed by atoms with van der Waals surface area (Å²) in [7, 11) is -2.09. The molecule has 0 atom stereocenters. The molecular weight excluding hydrogens is 318 g/mol. The van der Waals surface area contributed by atoms with Crippen molar-refractivity contribution < 1.29 is 17.9 Å². The van der Waals surface area contributed by atoms with E-state index >= 15 is 0 Å². The number of hydrogen-bond donors (Lipinski definition) is 0. The van der Waals surface area contributed by atoms with Crippen LogP contribution in [0.25, 0.3) is 0 Å². The van der Waals surface area contributed by atoms with Crippen molar-refractivity contribution in [3.63, 3.8) is 0 Å². The first-order valence-electron chi connectivity index (χ1n) is 6.71. The Labute approximate surface area is 128 Å². The minimum Gasteiger partial charge on any atom is -0.466 e. The lowest BCUT2D eigenvalue weighted by Gasteiger charge is -2.29. The van der Waals surface area contributed by atoms with Gasteiger partial charge < -0.3 is 9.30 Å². The van der Waals surface area contributed by atoms with Crippen LogP contribution in [0.5, 0.6) is 0 Å². The predicted octanol–water partition coefficient (Wildman–Crippen LogP) is 1.04. The molecule has 0 aliphatic carbocycles. The molecule has 0 N–H and O–H groups in total. The Morgan fingerprint density at radius 3 is 2.57 bits per heavy atom. The normalized spacial score (nSPS) is 17.9. The number of ether oxygens (including phenoxy) is 1. The summed E-state index contributed by atoms with van der Waals surface area (Å²) < 4.78 is 32.7. The van der Waals surface area contributed by atoms with E-state index in [2.05, 4.69) is 4.98 Å². The van der Waals surface area contributed by atoms with Crippen molar-refractivity contribution in [2.24, 2.45) is 13.0 Å². The summed E-state index contributed by atoms with van der Waals surface area (Å²) in [5.74, 6) is -0.499. The van der Waals surface area contributed by atoms with Gasteiger partial charge in [-0.3, -0.25) is 4.79 Å². The van der Waals surface area contributed by atoms with E-state index in [-0.39, 0.29) is 35.2 Å². The summed E-state index contributed by atoms with van der Waals surface area (Å²) in [5.41, 5.74) is 0. The van der Waals surface area contributed by atoms with Gasteiger partial charge >= 0.3 is 5.97 Å². The third kappa shape index (κ3) is 3.22. The zero-order valence-electron chi connectivity index (χ0n) is 12.0. The van der Waals surface area contributed by atoms with E-state index < -0.39 is 10.0 Å². The zero-order valence-corrected chi connectivity index (χ0v) is 13.5. The number of hydrogen-bond acceptors (Lipinski definition) is 5. The second-order valence-electron chi connectivity index (χ2n) is 4.88. The number of piperidine rings is 1. The van der Waals surface area contributed by atoms with Gasteiger partial charge in [-0.15, -0.1) is 0 Å². The highest BCUT2D eigenvalue weighted by atomic mass is 35.5. The van der Waals surface area contributed by atoms with E-state index in [9.17, 15) is 13.2 Å². The summed E-state index contributed by atoms with van der Waals surface area (Å²) >= 11 is 5.95. The summed E-state index contributed by atoms with van der Waals surface area (Å²) in [6.45, 7) is 2.61. The first-order valence-corrected chi connectivity index (χ1v) is 8.53. The Bertz CT molecular complexity index is 620. The molecule has 0 amide bonds.